The number of nitrogen functional groups attached to an aromatic ring is 1. The molecule has 18 heavy (non-hydrogen) atoms. The number of nitrogens with two attached hydrogens (primary N) is 1. The predicted molar refractivity (Wildman–Crippen MR) is 64.1 cm³/mol. The molecular weight excluding hydrogens is 238 g/mol. The second-order valence-electron chi connectivity index (χ2n) is 3.83. The van der Waals surface area contributed by atoms with Crippen LogP contribution in [-0.2, 0) is 23.0 Å². The van der Waals surface area contributed by atoms with Crippen molar-refractivity contribution >= 4 is 17.6 Å². The second kappa shape index (κ2) is 5.52. The number of esters is 1. The molecule has 1 aromatic heterocycles. The minimum Gasteiger partial charge on any atom is -0.479 e. The summed E-state index contributed by atoms with van der Waals surface area (Å²) in [5, 5.41) is 12.9. The quantitative estimate of drug-likeness (QED) is 0.745. The van der Waals surface area contributed by atoms with Crippen LogP contribution in [0, 0.1) is 0 Å². The minimum atomic E-state index is -1.18. The molecule has 0 bridgehead atoms. The van der Waals surface area contributed by atoms with Crippen molar-refractivity contribution in [1.82, 2.24) is 9.78 Å². The van der Waals surface area contributed by atoms with E-state index in [2.05, 4.69) is 5.10 Å². The summed E-state index contributed by atoms with van der Waals surface area (Å²) in [6.45, 7) is 3.48. The Kier molecular flexibility index (Phi) is 4.30. The number of aryl methyl sites for hydroxylation is 2. The Balaban J connectivity index is 2.97. The number of aliphatic carboxylic acids is 1. The van der Waals surface area contributed by atoms with Gasteiger partial charge in [0.15, 0.2) is 11.8 Å². The van der Waals surface area contributed by atoms with Gasteiger partial charge in [0.05, 0.1) is 11.4 Å². The summed E-state index contributed by atoms with van der Waals surface area (Å²) in [5.74, 6) is -1.95. The first-order valence-corrected chi connectivity index (χ1v) is 5.67. The van der Waals surface area contributed by atoms with E-state index in [1.54, 1.807) is 14.0 Å². The van der Waals surface area contributed by atoms with E-state index >= 15 is 0 Å². The Morgan fingerprint density at radius 1 is 1.50 bits per heavy atom. The monoisotopic (exact) mass is 255 g/mol. The molecule has 0 radical (unpaired) electrons. The number of carbonyl (C=O) groups is 2. The zero-order chi connectivity index (χ0) is 13.9. The Morgan fingerprint density at radius 3 is 2.50 bits per heavy atom. The molecule has 1 heterocycles. The van der Waals surface area contributed by atoms with Gasteiger partial charge in [-0.3, -0.25) is 4.68 Å². The van der Waals surface area contributed by atoms with Gasteiger partial charge in [-0.2, -0.15) is 5.10 Å². The molecule has 1 atom stereocenters. The van der Waals surface area contributed by atoms with E-state index in [0.717, 1.165) is 0 Å². The van der Waals surface area contributed by atoms with Gasteiger partial charge in [0.1, 0.15) is 0 Å². The Hall–Kier alpha value is -2.05. The largest absolute Gasteiger partial charge is 0.479 e. The molecule has 3 N–H and O–H groups in total. The average molecular weight is 255 g/mol. The number of ether oxygens (including phenoxy) is 1. The fraction of sp³-hybridized carbons (Fsp3) is 0.545. The van der Waals surface area contributed by atoms with E-state index in [9.17, 15) is 9.59 Å². The molecule has 100 valence electrons. The van der Waals surface area contributed by atoms with Crippen molar-refractivity contribution in [1.29, 1.82) is 0 Å². The minimum absolute atomic E-state index is 0.0894. The lowest BCUT2D eigenvalue weighted by molar-refractivity contribution is -0.147. The van der Waals surface area contributed by atoms with Crippen molar-refractivity contribution in [3.63, 3.8) is 0 Å². The van der Waals surface area contributed by atoms with E-state index in [4.69, 9.17) is 15.6 Å². The maximum Gasteiger partial charge on any atom is 0.359 e. The lowest BCUT2D eigenvalue weighted by Gasteiger charge is -2.11. The van der Waals surface area contributed by atoms with Crippen LogP contribution in [0.4, 0.5) is 5.69 Å². The molecule has 1 aromatic rings. The molecule has 7 heteroatoms. The van der Waals surface area contributed by atoms with Crippen LogP contribution in [0.1, 0.15) is 36.5 Å². The Morgan fingerprint density at radius 2 is 2.11 bits per heavy atom. The molecule has 0 amide bonds. The molecular formula is C11H17N3O4. The van der Waals surface area contributed by atoms with Crippen LogP contribution in [0.25, 0.3) is 0 Å². The number of rotatable bonds is 5. The molecule has 7 nitrogen and oxygen atoms in total. The molecule has 1 unspecified atom stereocenters. The standard InChI is InChI=1S/C11H17N3O4/c1-4-6-8(12)9(14(3)13-6)11(17)18-7(5-2)10(15)16/h7H,4-5,12H2,1-3H3,(H,15,16). The van der Waals surface area contributed by atoms with Gasteiger partial charge in [0.25, 0.3) is 0 Å². The summed E-state index contributed by atoms with van der Waals surface area (Å²) >= 11 is 0. The number of carbonyl (C=O) groups excluding carboxylic acids is 1. The summed E-state index contributed by atoms with van der Waals surface area (Å²) in [4.78, 5) is 22.7. The number of anilines is 1. The van der Waals surface area contributed by atoms with Crippen molar-refractivity contribution in [3.05, 3.63) is 11.4 Å². The molecule has 0 fully saturated rings. The van der Waals surface area contributed by atoms with Gasteiger partial charge in [-0.1, -0.05) is 13.8 Å². The van der Waals surface area contributed by atoms with E-state index in [1.807, 2.05) is 6.92 Å². The fourth-order valence-corrected chi connectivity index (χ4v) is 1.59. The van der Waals surface area contributed by atoms with Gasteiger partial charge in [0.2, 0.25) is 0 Å². The number of hydrogen-bond acceptors (Lipinski definition) is 5. The number of aromatic nitrogens is 2. The Labute approximate surface area is 105 Å². The first-order valence-electron chi connectivity index (χ1n) is 5.67. The smallest absolute Gasteiger partial charge is 0.359 e. The van der Waals surface area contributed by atoms with Crippen molar-refractivity contribution in [2.24, 2.45) is 7.05 Å². The molecule has 0 spiro atoms. The maximum atomic E-state index is 11.9. The maximum absolute atomic E-state index is 11.9. The molecule has 1 rings (SSSR count). The van der Waals surface area contributed by atoms with Crippen LogP contribution >= 0.6 is 0 Å². The van der Waals surface area contributed by atoms with Crippen molar-refractivity contribution < 1.29 is 19.4 Å². The van der Waals surface area contributed by atoms with Crippen LogP contribution in [0.5, 0.6) is 0 Å². The van der Waals surface area contributed by atoms with E-state index < -0.39 is 18.0 Å². The van der Waals surface area contributed by atoms with Gasteiger partial charge in [-0.05, 0) is 12.8 Å². The van der Waals surface area contributed by atoms with E-state index in [1.165, 1.54) is 4.68 Å². The summed E-state index contributed by atoms with van der Waals surface area (Å²) < 4.78 is 6.20. The molecule has 0 aromatic carbocycles. The third-order valence-corrected chi connectivity index (χ3v) is 2.58. The van der Waals surface area contributed by atoms with Crippen molar-refractivity contribution in [3.8, 4) is 0 Å². The highest BCUT2D eigenvalue weighted by Gasteiger charge is 2.26. The third kappa shape index (κ3) is 2.61. The predicted octanol–water partition coefficient (Wildman–Crippen LogP) is 0.585. The van der Waals surface area contributed by atoms with E-state index in [-0.39, 0.29) is 17.8 Å². The van der Waals surface area contributed by atoms with Gasteiger partial charge in [-0.25, -0.2) is 9.59 Å². The number of hydrogen-bond donors (Lipinski definition) is 2. The highest BCUT2D eigenvalue weighted by molar-refractivity contribution is 5.95. The van der Waals surface area contributed by atoms with Crippen LogP contribution in [-0.4, -0.2) is 32.9 Å². The molecule has 0 saturated heterocycles. The first-order chi connectivity index (χ1) is 8.42. The van der Waals surface area contributed by atoms with Crippen LogP contribution < -0.4 is 5.73 Å². The normalized spacial score (nSPS) is 12.2. The zero-order valence-electron chi connectivity index (χ0n) is 10.6. The summed E-state index contributed by atoms with van der Waals surface area (Å²) in [6, 6.07) is 0. The molecule has 0 aliphatic heterocycles. The SMILES string of the molecule is CCc1nn(C)c(C(=O)OC(CC)C(=O)O)c1N. The lowest BCUT2D eigenvalue weighted by Crippen LogP contribution is -2.27. The number of carboxylic acids is 1. The van der Waals surface area contributed by atoms with Crippen LogP contribution in [0.3, 0.4) is 0 Å². The zero-order valence-corrected chi connectivity index (χ0v) is 10.6. The van der Waals surface area contributed by atoms with Gasteiger partial charge in [-0.15, -0.1) is 0 Å². The highest BCUT2D eigenvalue weighted by Crippen LogP contribution is 2.18. The molecule has 0 saturated carbocycles. The van der Waals surface area contributed by atoms with Crippen molar-refractivity contribution in [2.75, 3.05) is 5.73 Å². The van der Waals surface area contributed by atoms with E-state index in [0.29, 0.717) is 12.1 Å². The number of carboxylic acid groups (broad SMARTS) is 1. The van der Waals surface area contributed by atoms with Crippen LogP contribution in [0.15, 0.2) is 0 Å². The third-order valence-electron chi connectivity index (χ3n) is 2.58. The molecule has 0 aliphatic carbocycles. The number of nitrogens with zero attached hydrogens (tertiary/aromatic N) is 2. The first kappa shape index (κ1) is 14.0. The summed E-state index contributed by atoms with van der Waals surface area (Å²) in [7, 11) is 1.56. The average Bonchev–Trinajstić information content (AvgIpc) is 2.60. The van der Waals surface area contributed by atoms with Gasteiger partial charge >= 0.3 is 11.9 Å². The lowest BCUT2D eigenvalue weighted by atomic mass is 10.2. The van der Waals surface area contributed by atoms with Gasteiger partial charge < -0.3 is 15.6 Å². The topological polar surface area (TPSA) is 107 Å². The summed E-state index contributed by atoms with van der Waals surface area (Å²) in [6.07, 6.45) is -0.389. The second-order valence-corrected chi connectivity index (χ2v) is 3.83. The summed E-state index contributed by atoms with van der Waals surface area (Å²) in [5.41, 5.74) is 6.70. The van der Waals surface area contributed by atoms with Crippen LogP contribution in [0.2, 0.25) is 0 Å². The fourth-order valence-electron chi connectivity index (χ4n) is 1.59. The van der Waals surface area contributed by atoms with Crippen molar-refractivity contribution in [2.45, 2.75) is 32.8 Å². The molecule has 0 aliphatic rings. The Bertz CT molecular complexity index is 467. The van der Waals surface area contributed by atoms with Gasteiger partial charge in [0, 0.05) is 7.05 Å². The highest BCUT2D eigenvalue weighted by atomic mass is 16.6.